The number of aryl methyl sites for hydroxylation is 1. The second-order valence-electron chi connectivity index (χ2n) is 4.53. The van der Waals surface area contributed by atoms with Crippen LogP contribution in [0.5, 0.6) is 0 Å². The van der Waals surface area contributed by atoms with E-state index >= 15 is 0 Å². The quantitative estimate of drug-likeness (QED) is 0.762. The lowest BCUT2D eigenvalue weighted by Gasteiger charge is -2.14. The largest absolute Gasteiger partial charge is 0.457 e. The zero-order chi connectivity index (χ0) is 16.2. The summed E-state index contributed by atoms with van der Waals surface area (Å²) in [5, 5.41) is 5.13. The molecule has 0 aliphatic rings. The second kappa shape index (κ2) is 7.35. The van der Waals surface area contributed by atoms with Crippen molar-refractivity contribution in [2.75, 3.05) is 13.2 Å². The van der Waals surface area contributed by atoms with E-state index in [4.69, 9.17) is 14.6 Å². The van der Waals surface area contributed by atoms with Gasteiger partial charge in [0.1, 0.15) is 6.10 Å². The highest BCUT2D eigenvalue weighted by molar-refractivity contribution is 9.10. The van der Waals surface area contributed by atoms with Crippen molar-refractivity contribution in [1.29, 1.82) is 0 Å². The Hall–Kier alpha value is -0.960. The molecule has 1 aromatic rings. The average Bonchev–Trinajstić information content (AvgIpc) is 2.37. The summed E-state index contributed by atoms with van der Waals surface area (Å²) in [4.78, 5) is 11.9. The van der Waals surface area contributed by atoms with Crippen LogP contribution in [-0.2, 0) is 19.5 Å². The highest BCUT2D eigenvalue weighted by atomic mass is 79.9. The Balaban J connectivity index is 3.04. The van der Waals surface area contributed by atoms with Crippen LogP contribution in [0.1, 0.15) is 29.8 Å². The topological polar surface area (TPSA) is 95.7 Å². The van der Waals surface area contributed by atoms with Gasteiger partial charge in [0.25, 0.3) is 0 Å². The molecule has 0 fully saturated rings. The van der Waals surface area contributed by atoms with Crippen LogP contribution in [0.4, 0.5) is 0 Å². The van der Waals surface area contributed by atoms with Crippen LogP contribution in [0.3, 0.4) is 0 Å². The molecule has 0 bridgehead atoms. The normalized spacial score (nSPS) is 13.0. The number of halogens is 1. The number of esters is 1. The maximum Gasteiger partial charge on any atom is 0.338 e. The minimum absolute atomic E-state index is 0.128. The molecule has 118 valence electrons. The summed E-state index contributed by atoms with van der Waals surface area (Å²) in [5.41, 5.74) is 0.703. The Kier molecular flexibility index (Phi) is 6.33. The molecule has 0 saturated heterocycles. The minimum Gasteiger partial charge on any atom is -0.457 e. The number of hydrogen-bond acceptors (Lipinski definition) is 5. The number of hydrogen-bond donors (Lipinski definition) is 1. The molecule has 0 heterocycles. The third-order valence-electron chi connectivity index (χ3n) is 2.63. The van der Waals surface area contributed by atoms with Crippen molar-refractivity contribution in [1.82, 2.24) is 0 Å². The summed E-state index contributed by atoms with van der Waals surface area (Å²) in [6.07, 6.45) is -0.431. The Morgan fingerprint density at radius 2 is 2.05 bits per heavy atom. The number of primary sulfonamides is 1. The van der Waals surface area contributed by atoms with Crippen LogP contribution in [0, 0.1) is 6.92 Å². The van der Waals surface area contributed by atoms with Gasteiger partial charge in [0.05, 0.1) is 17.1 Å². The highest BCUT2D eigenvalue weighted by Gasteiger charge is 2.20. The zero-order valence-corrected chi connectivity index (χ0v) is 14.5. The molecule has 2 N–H and O–H groups in total. The zero-order valence-electron chi connectivity index (χ0n) is 12.1. The van der Waals surface area contributed by atoms with Gasteiger partial charge in [0, 0.05) is 11.1 Å². The van der Waals surface area contributed by atoms with E-state index in [-0.39, 0.29) is 17.1 Å². The molecule has 0 radical (unpaired) electrons. The molecule has 1 aromatic carbocycles. The smallest absolute Gasteiger partial charge is 0.338 e. The first-order chi connectivity index (χ1) is 9.66. The minimum atomic E-state index is -3.93. The van der Waals surface area contributed by atoms with Gasteiger partial charge in [0.2, 0.25) is 10.0 Å². The fraction of sp³-hybridized carbons (Fsp3) is 0.462. The maximum atomic E-state index is 12.0. The van der Waals surface area contributed by atoms with Crippen molar-refractivity contribution in [3.8, 4) is 0 Å². The summed E-state index contributed by atoms with van der Waals surface area (Å²) in [6.45, 7) is 6.00. The van der Waals surface area contributed by atoms with Gasteiger partial charge in [-0.3, -0.25) is 0 Å². The van der Waals surface area contributed by atoms with E-state index in [1.165, 1.54) is 12.1 Å². The maximum absolute atomic E-state index is 12.0. The molecular weight excluding hydrogens is 362 g/mol. The average molecular weight is 380 g/mol. The number of carbonyl (C=O) groups is 1. The van der Waals surface area contributed by atoms with Gasteiger partial charge in [-0.2, -0.15) is 0 Å². The number of rotatable bonds is 6. The summed E-state index contributed by atoms with van der Waals surface area (Å²) in [5.74, 6) is -0.622. The van der Waals surface area contributed by atoms with E-state index in [0.717, 1.165) is 0 Å². The molecule has 1 unspecified atom stereocenters. The molecule has 8 heteroatoms. The Bertz CT molecular complexity index is 630. The molecular formula is C13H18BrNO5S. The van der Waals surface area contributed by atoms with Crippen molar-refractivity contribution in [2.24, 2.45) is 5.14 Å². The van der Waals surface area contributed by atoms with E-state index < -0.39 is 22.1 Å². The summed E-state index contributed by atoms with van der Waals surface area (Å²) >= 11 is 3.15. The molecule has 1 atom stereocenters. The lowest BCUT2D eigenvalue weighted by Crippen LogP contribution is -2.21. The van der Waals surface area contributed by atoms with Crippen molar-refractivity contribution < 1.29 is 22.7 Å². The fourth-order valence-electron chi connectivity index (χ4n) is 1.63. The van der Waals surface area contributed by atoms with Gasteiger partial charge in [-0.1, -0.05) is 0 Å². The monoisotopic (exact) mass is 379 g/mol. The first-order valence-electron chi connectivity index (χ1n) is 6.28. The lowest BCUT2D eigenvalue weighted by atomic mass is 10.1. The highest BCUT2D eigenvalue weighted by Crippen LogP contribution is 2.26. The fourth-order valence-corrected chi connectivity index (χ4v) is 3.24. The lowest BCUT2D eigenvalue weighted by molar-refractivity contribution is 0.00436. The summed E-state index contributed by atoms with van der Waals surface area (Å²) in [7, 11) is -3.93. The van der Waals surface area contributed by atoms with Crippen LogP contribution >= 0.6 is 15.9 Å². The van der Waals surface area contributed by atoms with E-state index in [1.807, 2.05) is 6.92 Å². The molecule has 0 aliphatic heterocycles. The van der Waals surface area contributed by atoms with Crippen LogP contribution in [0.15, 0.2) is 21.5 Å². The number of nitrogens with two attached hydrogens (primary N) is 1. The van der Waals surface area contributed by atoms with Crippen LogP contribution in [0.2, 0.25) is 0 Å². The van der Waals surface area contributed by atoms with Gasteiger partial charge < -0.3 is 9.47 Å². The molecule has 0 spiro atoms. The first-order valence-corrected chi connectivity index (χ1v) is 8.62. The van der Waals surface area contributed by atoms with Gasteiger partial charge in [-0.25, -0.2) is 18.4 Å². The number of carbonyl (C=O) groups excluding carboxylic acids is 1. The van der Waals surface area contributed by atoms with Crippen molar-refractivity contribution in [2.45, 2.75) is 31.8 Å². The number of ether oxygens (including phenoxy) is 2. The Labute approximate surface area is 132 Å². The second-order valence-corrected chi connectivity index (χ2v) is 6.85. The number of sulfonamides is 1. The van der Waals surface area contributed by atoms with Gasteiger partial charge in [-0.15, -0.1) is 0 Å². The number of benzene rings is 1. The van der Waals surface area contributed by atoms with E-state index in [2.05, 4.69) is 15.9 Å². The van der Waals surface area contributed by atoms with Crippen LogP contribution in [0.25, 0.3) is 0 Å². The molecule has 0 saturated carbocycles. The van der Waals surface area contributed by atoms with Gasteiger partial charge in [0.15, 0.2) is 0 Å². The van der Waals surface area contributed by atoms with E-state index in [9.17, 15) is 13.2 Å². The first kappa shape index (κ1) is 18.1. The predicted octanol–water partition coefficient (Wildman–Crippen LogP) is 1.99. The van der Waals surface area contributed by atoms with Crippen LogP contribution in [-0.4, -0.2) is 33.7 Å². The van der Waals surface area contributed by atoms with Crippen LogP contribution < -0.4 is 5.14 Å². The molecule has 0 aromatic heterocycles. The third-order valence-corrected chi connectivity index (χ3v) is 4.88. The van der Waals surface area contributed by atoms with Gasteiger partial charge in [-0.05, 0) is 54.4 Å². The van der Waals surface area contributed by atoms with Crippen molar-refractivity contribution >= 4 is 31.9 Å². The summed E-state index contributed by atoms with van der Waals surface area (Å²) < 4.78 is 33.7. The molecule has 6 nitrogen and oxygen atoms in total. The van der Waals surface area contributed by atoms with Crippen molar-refractivity contribution in [3.63, 3.8) is 0 Å². The molecule has 0 amide bonds. The van der Waals surface area contributed by atoms with Crippen molar-refractivity contribution in [3.05, 3.63) is 27.7 Å². The standard InChI is InChI=1S/C13H18BrNO5S/c1-4-19-7-9(3)20-13(16)10-5-8(2)12(14)11(6-10)21(15,17)18/h5-6,9H,4,7H2,1-3H3,(H2,15,17,18). The predicted molar refractivity (Wildman–Crippen MR) is 81.6 cm³/mol. The van der Waals surface area contributed by atoms with Gasteiger partial charge >= 0.3 is 5.97 Å². The van der Waals surface area contributed by atoms with E-state index in [1.54, 1.807) is 13.8 Å². The van der Waals surface area contributed by atoms with E-state index in [0.29, 0.717) is 16.6 Å². The molecule has 1 rings (SSSR count). The molecule has 0 aliphatic carbocycles. The Morgan fingerprint density at radius 3 is 2.57 bits per heavy atom. The Morgan fingerprint density at radius 1 is 1.43 bits per heavy atom. The molecule has 21 heavy (non-hydrogen) atoms. The SMILES string of the molecule is CCOCC(C)OC(=O)c1cc(C)c(Br)c(S(N)(=O)=O)c1. The summed E-state index contributed by atoms with van der Waals surface area (Å²) in [6, 6.07) is 2.73. The third kappa shape index (κ3) is 5.06.